The molecule has 33 heavy (non-hydrogen) atoms. The predicted octanol–water partition coefficient (Wildman–Crippen LogP) is 2.50. The van der Waals surface area contributed by atoms with E-state index in [9.17, 15) is 16.8 Å². The van der Waals surface area contributed by atoms with Crippen molar-refractivity contribution in [2.45, 2.75) is 47.7 Å². The van der Waals surface area contributed by atoms with Gasteiger partial charge in [-0.3, -0.25) is 0 Å². The standard InChI is InChI=1S/C22H26N2O7S2/c25-32(26,23-13-15-3-1-9-29-15)17-5-7-21-19(11-17)20-12-18(6-8-22(20)31-21)33(27,28)24-14-16-4-2-10-30-16/h5-8,11-12,15-16,23-24H,1-4,9-10,13-14H2/t15-,16-/m0/s1. The highest BCUT2D eigenvalue weighted by atomic mass is 32.2. The number of sulfonamides is 2. The van der Waals surface area contributed by atoms with Gasteiger partial charge in [0.25, 0.3) is 0 Å². The number of hydrogen-bond donors (Lipinski definition) is 2. The molecule has 0 radical (unpaired) electrons. The molecule has 178 valence electrons. The topological polar surface area (TPSA) is 124 Å². The molecule has 3 heterocycles. The Morgan fingerprint density at radius 1 is 0.727 bits per heavy atom. The zero-order valence-corrected chi connectivity index (χ0v) is 19.6. The van der Waals surface area contributed by atoms with Crippen LogP contribution in [0.25, 0.3) is 21.9 Å². The average molecular weight is 495 g/mol. The molecule has 2 aliphatic heterocycles. The fraction of sp³-hybridized carbons (Fsp3) is 0.455. The predicted molar refractivity (Wildman–Crippen MR) is 122 cm³/mol. The molecule has 2 aliphatic rings. The number of furan rings is 1. The molecule has 0 bridgehead atoms. The van der Waals surface area contributed by atoms with Crippen LogP contribution in [-0.4, -0.2) is 55.3 Å². The van der Waals surface area contributed by atoms with Gasteiger partial charge in [-0.05, 0) is 62.1 Å². The van der Waals surface area contributed by atoms with E-state index in [1.54, 1.807) is 12.1 Å². The van der Waals surface area contributed by atoms with Crippen molar-refractivity contribution in [2.75, 3.05) is 26.3 Å². The summed E-state index contributed by atoms with van der Waals surface area (Å²) in [6.07, 6.45) is 3.26. The molecule has 0 saturated carbocycles. The van der Waals surface area contributed by atoms with Gasteiger partial charge >= 0.3 is 0 Å². The molecule has 2 atom stereocenters. The van der Waals surface area contributed by atoms with E-state index < -0.39 is 20.0 Å². The molecule has 0 unspecified atom stereocenters. The first-order chi connectivity index (χ1) is 15.8. The minimum Gasteiger partial charge on any atom is -0.456 e. The number of hydrogen-bond acceptors (Lipinski definition) is 7. The lowest BCUT2D eigenvalue weighted by atomic mass is 10.1. The second-order valence-corrected chi connectivity index (χ2v) is 11.9. The molecule has 0 spiro atoms. The Hall–Kier alpha value is -2.02. The van der Waals surface area contributed by atoms with Gasteiger partial charge in [0.15, 0.2) is 0 Å². The van der Waals surface area contributed by atoms with Crippen LogP contribution in [-0.2, 0) is 29.5 Å². The Kier molecular flexibility index (Phi) is 6.19. The molecule has 5 rings (SSSR count). The van der Waals surface area contributed by atoms with Crippen LogP contribution in [0.4, 0.5) is 0 Å². The number of fused-ring (bicyclic) bond motifs is 3. The normalized spacial score (nSPS) is 21.9. The zero-order valence-electron chi connectivity index (χ0n) is 17.9. The molecule has 2 fully saturated rings. The van der Waals surface area contributed by atoms with Crippen molar-refractivity contribution >= 4 is 42.0 Å². The first-order valence-electron chi connectivity index (χ1n) is 11.0. The van der Waals surface area contributed by atoms with Crippen LogP contribution in [0.3, 0.4) is 0 Å². The highest BCUT2D eigenvalue weighted by molar-refractivity contribution is 7.89. The summed E-state index contributed by atoms with van der Waals surface area (Å²) in [5, 5.41) is 1.06. The second-order valence-electron chi connectivity index (χ2n) is 8.39. The lowest BCUT2D eigenvalue weighted by molar-refractivity contribution is 0.114. The monoisotopic (exact) mass is 494 g/mol. The maximum absolute atomic E-state index is 12.8. The number of benzene rings is 2. The minimum absolute atomic E-state index is 0.0838. The SMILES string of the molecule is O=S(=O)(NC[C@@H]1CCCO1)c1ccc2oc3ccc(S(=O)(=O)NC[C@@H]4CCCO4)cc3c2c1. The third-order valence-corrected chi connectivity index (χ3v) is 8.93. The van der Waals surface area contributed by atoms with E-state index >= 15 is 0 Å². The van der Waals surface area contributed by atoms with Crippen molar-refractivity contribution in [3.8, 4) is 0 Å². The minimum atomic E-state index is -3.76. The van der Waals surface area contributed by atoms with Crippen molar-refractivity contribution in [3.05, 3.63) is 36.4 Å². The molecule has 1 aromatic heterocycles. The van der Waals surface area contributed by atoms with E-state index in [0.717, 1.165) is 25.7 Å². The average Bonchev–Trinajstić information content (AvgIpc) is 3.56. The summed E-state index contributed by atoms with van der Waals surface area (Å²) in [6.45, 7) is 1.72. The lowest BCUT2D eigenvalue weighted by Crippen LogP contribution is -2.31. The molecule has 0 amide bonds. The van der Waals surface area contributed by atoms with Gasteiger partial charge in [0.1, 0.15) is 11.2 Å². The lowest BCUT2D eigenvalue weighted by Gasteiger charge is -2.11. The summed E-state index contributed by atoms with van der Waals surface area (Å²) in [7, 11) is -7.52. The Morgan fingerprint density at radius 3 is 1.58 bits per heavy atom. The van der Waals surface area contributed by atoms with E-state index in [-0.39, 0.29) is 35.1 Å². The van der Waals surface area contributed by atoms with Crippen LogP contribution in [0.2, 0.25) is 0 Å². The Labute approximate surface area is 192 Å². The largest absolute Gasteiger partial charge is 0.456 e. The van der Waals surface area contributed by atoms with Gasteiger partial charge < -0.3 is 13.9 Å². The van der Waals surface area contributed by atoms with Gasteiger partial charge in [0, 0.05) is 37.1 Å². The van der Waals surface area contributed by atoms with E-state index in [1.807, 2.05) is 0 Å². The Morgan fingerprint density at radius 2 is 1.18 bits per heavy atom. The van der Waals surface area contributed by atoms with Crippen molar-refractivity contribution in [2.24, 2.45) is 0 Å². The first-order valence-corrected chi connectivity index (χ1v) is 14.0. The van der Waals surface area contributed by atoms with E-state index in [2.05, 4.69) is 9.44 Å². The molecular formula is C22H26N2O7S2. The van der Waals surface area contributed by atoms with Crippen LogP contribution in [0.5, 0.6) is 0 Å². The fourth-order valence-corrected chi connectivity index (χ4v) is 6.44. The molecular weight excluding hydrogens is 468 g/mol. The van der Waals surface area contributed by atoms with Crippen molar-refractivity contribution in [3.63, 3.8) is 0 Å². The first kappa shape index (κ1) is 22.8. The Balaban J connectivity index is 1.43. The van der Waals surface area contributed by atoms with Crippen LogP contribution < -0.4 is 9.44 Å². The summed E-state index contributed by atoms with van der Waals surface area (Å²) in [5.74, 6) is 0. The van der Waals surface area contributed by atoms with Crippen molar-refractivity contribution in [1.29, 1.82) is 0 Å². The third-order valence-electron chi connectivity index (χ3n) is 6.08. The maximum atomic E-state index is 12.8. The van der Waals surface area contributed by atoms with E-state index in [4.69, 9.17) is 13.9 Å². The number of rotatable bonds is 8. The Bertz CT molecular complexity index is 1270. The molecule has 9 nitrogen and oxygen atoms in total. The van der Waals surface area contributed by atoms with Gasteiger partial charge in [-0.2, -0.15) is 0 Å². The van der Waals surface area contributed by atoms with E-state index in [0.29, 0.717) is 35.2 Å². The van der Waals surface area contributed by atoms with Gasteiger partial charge in [-0.1, -0.05) is 0 Å². The fourth-order valence-electron chi connectivity index (χ4n) is 4.25. The summed E-state index contributed by atoms with van der Waals surface area (Å²) in [6, 6.07) is 9.14. The van der Waals surface area contributed by atoms with Gasteiger partial charge in [-0.25, -0.2) is 26.3 Å². The molecule has 2 saturated heterocycles. The van der Waals surface area contributed by atoms with Gasteiger partial charge in [0.2, 0.25) is 20.0 Å². The van der Waals surface area contributed by atoms with Crippen LogP contribution >= 0.6 is 0 Å². The quantitative estimate of drug-likeness (QED) is 0.493. The molecule has 11 heteroatoms. The summed E-state index contributed by atoms with van der Waals surface area (Å²) >= 11 is 0. The van der Waals surface area contributed by atoms with Crippen LogP contribution in [0.15, 0.2) is 50.6 Å². The van der Waals surface area contributed by atoms with Gasteiger partial charge in [0.05, 0.1) is 22.0 Å². The summed E-state index contributed by atoms with van der Waals surface area (Å²) in [4.78, 5) is 0.168. The van der Waals surface area contributed by atoms with Crippen LogP contribution in [0.1, 0.15) is 25.7 Å². The third kappa shape index (κ3) is 4.79. The van der Waals surface area contributed by atoms with Crippen molar-refractivity contribution < 1.29 is 30.7 Å². The van der Waals surface area contributed by atoms with E-state index in [1.165, 1.54) is 24.3 Å². The van der Waals surface area contributed by atoms with Crippen LogP contribution in [0, 0.1) is 0 Å². The van der Waals surface area contributed by atoms with Gasteiger partial charge in [-0.15, -0.1) is 0 Å². The maximum Gasteiger partial charge on any atom is 0.240 e. The second kappa shape index (κ2) is 8.97. The highest BCUT2D eigenvalue weighted by Gasteiger charge is 2.23. The molecule has 2 N–H and O–H groups in total. The molecule has 3 aromatic rings. The highest BCUT2D eigenvalue weighted by Crippen LogP contribution is 2.32. The molecule has 0 aliphatic carbocycles. The molecule has 2 aromatic carbocycles. The number of ether oxygens (including phenoxy) is 2. The van der Waals surface area contributed by atoms with Crippen molar-refractivity contribution in [1.82, 2.24) is 9.44 Å². The number of nitrogens with one attached hydrogen (secondary N) is 2. The summed E-state index contributed by atoms with van der Waals surface area (Å²) < 4.78 is 73.2. The zero-order chi connectivity index (χ0) is 23.1. The smallest absolute Gasteiger partial charge is 0.240 e. The summed E-state index contributed by atoms with van der Waals surface area (Å²) in [5.41, 5.74) is 0.954.